The Bertz CT molecular complexity index is 988. The third kappa shape index (κ3) is 4.94. The number of hydrogen-bond acceptors (Lipinski definition) is 6. The van der Waals surface area contributed by atoms with Gasteiger partial charge in [-0.3, -0.25) is 4.72 Å². The van der Waals surface area contributed by atoms with Crippen LogP contribution < -0.4 is 9.46 Å². The summed E-state index contributed by atoms with van der Waals surface area (Å²) in [5.74, 6) is 0.596. The summed E-state index contributed by atoms with van der Waals surface area (Å²) in [4.78, 5) is 0. The van der Waals surface area contributed by atoms with E-state index in [2.05, 4.69) is 14.9 Å². The van der Waals surface area contributed by atoms with Crippen LogP contribution in [0.25, 0.3) is 0 Å². The molecule has 1 aromatic heterocycles. The minimum absolute atomic E-state index is 0.161. The van der Waals surface area contributed by atoms with Gasteiger partial charge in [0.1, 0.15) is 10.8 Å². The van der Waals surface area contributed by atoms with Crippen molar-refractivity contribution in [3.63, 3.8) is 0 Å². The van der Waals surface area contributed by atoms with E-state index in [9.17, 15) is 8.42 Å². The Morgan fingerprint density at radius 3 is 2.58 bits per heavy atom. The Hall–Kier alpha value is -2.16. The van der Waals surface area contributed by atoms with E-state index < -0.39 is 10.0 Å². The summed E-state index contributed by atoms with van der Waals surface area (Å²) in [6.45, 7) is 0. The molecule has 3 aromatic rings. The number of hydrogen-bond donors (Lipinski definition) is 1. The van der Waals surface area contributed by atoms with Crippen molar-refractivity contribution >= 4 is 38.1 Å². The molecule has 0 atom stereocenters. The second-order valence-electron chi connectivity index (χ2n) is 5.48. The summed E-state index contributed by atoms with van der Waals surface area (Å²) in [7, 11) is -1.98. The molecule has 9 heteroatoms. The molecule has 0 fully saturated rings. The third-order valence-corrected chi connectivity index (χ3v) is 5.95. The van der Waals surface area contributed by atoms with Gasteiger partial charge in [-0.15, -0.1) is 10.2 Å². The summed E-state index contributed by atoms with van der Waals surface area (Å²) in [5.41, 5.74) is 1.60. The van der Waals surface area contributed by atoms with Crippen LogP contribution in [0.2, 0.25) is 5.02 Å². The fraction of sp³-hybridized carbons (Fsp3) is 0.176. The summed E-state index contributed by atoms with van der Waals surface area (Å²) in [5, 5.41) is 9.48. The Morgan fingerprint density at radius 1 is 1.12 bits per heavy atom. The zero-order chi connectivity index (χ0) is 18.6. The molecule has 0 spiro atoms. The van der Waals surface area contributed by atoms with Crippen molar-refractivity contribution < 1.29 is 13.2 Å². The first-order chi connectivity index (χ1) is 12.4. The lowest BCUT2D eigenvalue weighted by atomic mass is 10.1. The molecule has 0 aliphatic heterocycles. The van der Waals surface area contributed by atoms with Crippen LogP contribution in [0.4, 0.5) is 5.13 Å². The Morgan fingerprint density at radius 2 is 1.85 bits per heavy atom. The number of rotatable bonds is 7. The van der Waals surface area contributed by atoms with E-state index >= 15 is 0 Å². The number of halogens is 1. The monoisotopic (exact) mass is 409 g/mol. The average molecular weight is 410 g/mol. The van der Waals surface area contributed by atoms with E-state index in [0.717, 1.165) is 11.3 Å². The molecule has 0 unspecified atom stereocenters. The lowest BCUT2D eigenvalue weighted by molar-refractivity contribution is 0.410. The second-order valence-corrected chi connectivity index (χ2v) is 8.70. The van der Waals surface area contributed by atoms with Gasteiger partial charge in [0.2, 0.25) is 15.2 Å². The number of anilines is 1. The maximum absolute atomic E-state index is 12.3. The average Bonchev–Trinajstić information content (AvgIpc) is 3.03. The summed E-state index contributed by atoms with van der Waals surface area (Å²) in [6, 6.07) is 14.3. The summed E-state index contributed by atoms with van der Waals surface area (Å²) < 4.78 is 32.4. The molecule has 0 saturated carbocycles. The van der Waals surface area contributed by atoms with Crippen LogP contribution in [0.15, 0.2) is 48.5 Å². The van der Waals surface area contributed by atoms with Gasteiger partial charge in [-0.25, -0.2) is 8.42 Å². The highest BCUT2D eigenvalue weighted by molar-refractivity contribution is 7.92. The summed E-state index contributed by atoms with van der Waals surface area (Å²) in [6.07, 6.45) is 0.514. The third-order valence-electron chi connectivity index (χ3n) is 3.51. The molecule has 3 rings (SSSR count). The van der Waals surface area contributed by atoms with Crippen LogP contribution in [-0.4, -0.2) is 25.7 Å². The van der Waals surface area contributed by atoms with E-state index in [1.807, 2.05) is 24.3 Å². The highest BCUT2D eigenvalue weighted by Crippen LogP contribution is 2.25. The predicted octanol–water partition coefficient (Wildman–Crippen LogP) is 3.73. The maximum Gasteiger partial charge on any atom is 0.238 e. The van der Waals surface area contributed by atoms with E-state index in [0.29, 0.717) is 22.0 Å². The van der Waals surface area contributed by atoms with Gasteiger partial charge < -0.3 is 4.74 Å². The van der Waals surface area contributed by atoms with Crippen LogP contribution in [0.5, 0.6) is 5.75 Å². The minimum Gasteiger partial charge on any atom is -0.496 e. The molecule has 0 saturated heterocycles. The van der Waals surface area contributed by atoms with Crippen LogP contribution in [0.3, 0.4) is 0 Å². The van der Waals surface area contributed by atoms with Gasteiger partial charge >= 0.3 is 0 Å². The zero-order valence-corrected chi connectivity index (χ0v) is 16.2. The predicted molar refractivity (Wildman–Crippen MR) is 103 cm³/mol. The highest BCUT2D eigenvalue weighted by Gasteiger charge is 2.16. The molecule has 136 valence electrons. The number of benzene rings is 2. The maximum atomic E-state index is 12.3. The first-order valence-electron chi connectivity index (χ1n) is 7.64. The lowest BCUT2D eigenvalue weighted by Crippen LogP contribution is -2.14. The first-order valence-corrected chi connectivity index (χ1v) is 10.5. The molecule has 0 aliphatic carbocycles. The standard InChI is InChI=1S/C17H16ClN3O3S2/c1-24-15-5-3-2-4-13(15)10-16-19-20-17(25-16)21-26(22,23)11-12-6-8-14(18)9-7-12/h2-9H,10-11H2,1H3,(H,20,21). The molecule has 6 nitrogen and oxygen atoms in total. The smallest absolute Gasteiger partial charge is 0.238 e. The van der Waals surface area contributed by atoms with Gasteiger partial charge in [-0.1, -0.05) is 53.3 Å². The quantitative estimate of drug-likeness (QED) is 0.643. The Balaban J connectivity index is 1.68. The molecular weight excluding hydrogens is 394 g/mol. The lowest BCUT2D eigenvalue weighted by Gasteiger charge is -2.06. The fourth-order valence-corrected chi connectivity index (χ4v) is 4.65. The number of nitrogens with one attached hydrogen (secondary N) is 1. The van der Waals surface area contributed by atoms with Gasteiger partial charge in [-0.2, -0.15) is 0 Å². The van der Waals surface area contributed by atoms with E-state index in [4.69, 9.17) is 16.3 Å². The molecule has 2 aromatic carbocycles. The molecule has 0 radical (unpaired) electrons. The van der Waals surface area contributed by atoms with Gasteiger partial charge in [0.25, 0.3) is 0 Å². The van der Waals surface area contributed by atoms with E-state index in [1.165, 1.54) is 11.3 Å². The second kappa shape index (κ2) is 8.03. The molecule has 0 aliphatic rings. The molecular formula is C17H16ClN3O3S2. The Kier molecular flexibility index (Phi) is 5.75. The molecule has 1 N–H and O–H groups in total. The van der Waals surface area contributed by atoms with Gasteiger partial charge in [0.15, 0.2) is 0 Å². The first kappa shape index (κ1) is 18.6. The van der Waals surface area contributed by atoms with Crippen molar-refractivity contribution in [3.8, 4) is 5.75 Å². The van der Waals surface area contributed by atoms with Crippen LogP contribution in [0, 0.1) is 0 Å². The molecule has 26 heavy (non-hydrogen) atoms. The fourth-order valence-electron chi connectivity index (χ4n) is 2.35. The summed E-state index contributed by atoms with van der Waals surface area (Å²) >= 11 is 7.01. The van der Waals surface area contributed by atoms with Crippen molar-refractivity contribution in [3.05, 3.63) is 69.7 Å². The number of methoxy groups -OCH3 is 1. The number of ether oxygens (including phenoxy) is 1. The van der Waals surface area contributed by atoms with Crippen molar-refractivity contribution in [2.45, 2.75) is 12.2 Å². The number of para-hydroxylation sites is 1. The molecule has 1 heterocycles. The Labute approximate surface area is 160 Å². The SMILES string of the molecule is COc1ccccc1Cc1nnc(NS(=O)(=O)Cc2ccc(Cl)cc2)s1. The topological polar surface area (TPSA) is 81.2 Å². The number of nitrogens with zero attached hydrogens (tertiary/aromatic N) is 2. The van der Waals surface area contributed by atoms with Gasteiger partial charge in [0, 0.05) is 17.0 Å². The van der Waals surface area contributed by atoms with Crippen LogP contribution in [0.1, 0.15) is 16.1 Å². The molecule has 0 bridgehead atoms. The highest BCUT2D eigenvalue weighted by atomic mass is 35.5. The zero-order valence-electron chi connectivity index (χ0n) is 13.8. The molecule has 0 amide bonds. The van der Waals surface area contributed by atoms with Crippen molar-refractivity contribution in [1.82, 2.24) is 10.2 Å². The number of aromatic nitrogens is 2. The van der Waals surface area contributed by atoms with Gasteiger partial charge in [0.05, 0.1) is 12.9 Å². The normalized spacial score (nSPS) is 11.3. The minimum atomic E-state index is -3.58. The van der Waals surface area contributed by atoms with E-state index in [1.54, 1.807) is 31.4 Å². The largest absolute Gasteiger partial charge is 0.496 e. The van der Waals surface area contributed by atoms with Gasteiger partial charge in [-0.05, 0) is 23.8 Å². The van der Waals surface area contributed by atoms with Crippen molar-refractivity contribution in [2.24, 2.45) is 0 Å². The van der Waals surface area contributed by atoms with Crippen molar-refractivity contribution in [1.29, 1.82) is 0 Å². The van der Waals surface area contributed by atoms with E-state index in [-0.39, 0.29) is 10.9 Å². The number of sulfonamides is 1. The van der Waals surface area contributed by atoms with Crippen molar-refractivity contribution in [2.75, 3.05) is 11.8 Å². The van der Waals surface area contributed by atoms with Crippen LogP contribution >= 0.6 is 22.9 Å². The van der Waals surface area contributed by atoms with Crippen LogP contribution in [-0.2, 0) is 22.2 Å².